The lowest BCUT2D eigenvalue weighted by Crippen LogP contribution is -2.11. The lowest BCUT2D eigenvalue weighted by molar-refractivity contribution is 0.458. The summed E-state index contributed by atoms with van der Waals surface area (Å²) >= 11 is 0. The Morgan fingerprint density at radius 1 is 0.944 bits per heavy atom. The van der Waals surface area contributed by atoms with Gasteiger partial charge < -0.3 is 10.2 Å². The molecular weight excluding hydrogens is 224 g/mol. The van der Waals surface area contributed by atoms with Crippen LogP contribution in [0.2, 0.25) is 0 Å². The second kappa shape index (κ2) is 4.37. The van der Waals surface area contributed by atoms with Crippen molar-refractivity contribution in [3.05, 3.63) is 59.2 Å². The summed E-state index contributed by atoms with van der Waals surface area (Å²) in [7, 11) is 0. The monoisotopic (exact) mass is 240 g/mol. The molecular formula is C16H16O2. The van der Waals surface area contributed by atoms with Gasteiger partial charge in [-0.25, -0.2) is 0 Å². The minimum atomic E-state index is 0.246. The molecule has 0 bridgehead atoms. The van der Waals surface area contributed by atoms with E-state index in [0.29, 0.717) is 11.5 Å². The molecule has 0 heterocycles. The summed E-state index contributed by atoms with van der Waals surface area (Å²) in [5.74, 6) is 0.936. The fraction of sp³-hybridized carbons (Fsp3) is 0.250. The molecule has 18 heavy (non-hydrogen) atoms. The Hall–Kier alpha value is -1.96. The van der Waals surface area contributed by atoms with E-state index in [1.165, 1.54) is 11.1 Å². The first-order valence-corrected chi connectivity index (χ1v) is 6.35. The van der Waals surface area contributed by atoms with Gasteiger partial charge in [-0.05, 0) is 48.6 Å². The fourth-order valence-corrected chi connectivity index (χ4v) is 2.91. The van der Waals surface area contributed by atoms with Gasteiger partial charge in [0, 0.05) is 11.5 Å². The molecule has 2 aromatic carbocycles. The Balaban J connectivity index is 2.09. The van der Waals surface area contributed by atoms with Crippen molar-refractivity contribution in [2.75, 3.05) is 0 Å². The Bertz CT molecular complexity index is 575. The van der Waals surface area contributed by atoms with Crippen LogP contribution >= 0.6 is 0 Å². The zero-order chi connectivity index (χ0) is 12.5. The zero-order valence-electron chi connectivity index (χ0n) is 10.1. The minimum absolute atomic E-state index is 0.246. The molecule has 0 aliphatic heterocycles. The first-order valence-electron chi connectivity index (χ1n) is 6.35. The van der Waals surface area contributed by atoms with Gasteiger partial charge in [-0.1, -0.05) is 24.3 Å². The molecule has 0 radical (unpaired) electrons. The number of rotatable bonds is 1. The van der Waals surface area contributed by atoms with Crippen LogP contribution in [0.4, 0.5) is 0 Å². The number of hydrogen-bond acceptors (Lipinski definition) is 2. The average molecular weight is 240 g/mol. The Labute approximate surface area is 107 Å². The number of para-hydroxylation sites is 1. The van der Waals surface area contributed by atoms with Gasteiger partial charge in [0.05, 0.1) is 0 Å². The van der Waals surface area contributed by atoms with Crippen LogP contribution in [0.3, 0.4) is 0 Å². The second-order valence-corrected chi connectivity index (χ2v) is 4.89. The molecule has 1 atom stereocenters. The maximum Gasteiger partial charge on any atom is 0.119 e. The van der Waals surface area contributed by atoms with E-state index in [-0.39, 0.29) is 5.92 Å². The first-order chi connectivity index (χ1) is 8.75. The molecule has 0 fully saturated rings. The van der Waals surface area contributed by atoms with Gasteiger partial charge in [-0.15, -0.1) is 0 Å². The molecule has 92 valence electrons. The smallest absolute Gasteiger partial charge is 0.119 e. The van der Waals surface area contributed by atoms with E-state index in [2.05, 4.69) is 0 Å². The molecule has 2 nitrogen and oxygen atoms in total. The molecule has 0 saturated carbocycles. The molecule has 1 unspecified atom stereocenters. The highest BCUT2D eigenvalue weighted by atomic mass is 16.3. The molecule has 0 spiro atoms. The van der Waals surface area contributed by atoms with Crippen LogP contribution in [0.25, 0.3) is 0 Å². The van der Waals surface area contributed by atoms with E-state index in [4.69, 9.17) is 0 Å². The predicted molar refractivity (Wildman–Crippen MR) is 71.0 cm³/mol. The van der Waals surface area contributed by atoms with Crippen LogP contribution in [-0.4, -0.2) is 10.2 Å². The van der Waals surface area contributed by atoms with Crippen molar-refractivity contribution in [1.82, 2.24) is 0 Å². The van der Waals surface area contributed by atoms with Gasteiger partial charge in [0.1, 0.15) is 11.5 Å². The number of phenolic OH excluding ortho intramolecular Hbond substituents is 2. The lowest BCUT2D eigenvalue weighted by atomic mass is 9.78. The highest BCUT2D eigenvalue weighted by Crippen LogP contribution is 2.40. The van der Waals surface area contributed by atoms with Crippen molar-refractivity contribution in [3.63, 3.8) is 0 Å². The summed E-state index contributed by atoms with van der Waals surface area (Å²) in [6, 6.07) is 13.1. The van der Waals surface area contributed by atoms with E-state index in [1.54, 1.807) is 12.1 Å². The van der Waals surface area contributed by atoms with Gasteiger partial charge in [0.2, 0.25) is 0 Å². The van der Waals surface area contributed by atoms with Gasteiger partial charge in [-0.3, -0.25) is 0 Å². The van der Waals surface area contributed by atoms with E-state index in [9.17, 15) is 10.2 Å². The number of benzene rings is 2. The fourth-order valence-electron chi connectivity index (χ4n) is 2.91. The number of phenols is 2. The minimum Gasteiger partial charge on any atom is -0.508 e. The van der Waals surface area contributed by atoms with Crippen LogP contribution in [0, 0.1) is 0 Å². The molecule has 3 rings (SSSR count). The third-order valence-corrected chi connectivity index (χ3v) is 3.75. The van der Waals surface area contributed by atoms with E-state index < -0.39 is 0 Å². The molecule has 2 N–H and O–H groups in total. The summed E-state index contributed by atoms with van der Waals surface area (Å²) in [6.07, 6.45) is 3.15. The summed E-state index contributed by atoms with van der Waals surface area (Å²) in [5, 5.41) is 19.5. The lowest BCUT2D eigenvalue weighted by Gasteiger charge is -2.26. The molecule has 2 heteroatoms. The van der Waals surface area contributed by atoms with E-state index >= 15 is 0 Å². The SMILES string of the molecule is Oc1ccc2c(c1)CCCC2c1ccccc1O. The van der Waals surface area contributed by atoms with Crippen LogP contribution in [-0.2, 0) is 6.42 Å². The number of hydrogen-bond donors (Lipinski definition) is 2. The van der Waals surface area contributed by atoms with Crippen molar-refractivity contribution in [2.24, 2.45) is 0 Å². The van der Waals surface area contributed by atoms with Crippen LogP contribution in [0.15, 0.2) is 42.5 Å². The molecule has 0 amide bonds. The summed E-state index contributed by atoms with van der Waals surface area (Å²) < 4.78 is 0. The molecule has 2 aromatic rings. The Kier molecular flexibility index (Phi) is 2.71. The Morgan fingerprint density at radius 3 is 2.61 bits per heavy atom. The maximum atomic E-state index is 9.99. The predicted octanol–water partition coefficient (Wildman–Crippen LogP) is 3.57. The Morgan fingerprint density at radius 2 is 1.78 bits per heavy atom. The van der Waals surface area contributed by atoms with E-state index in [1.807, 2.05) is 30.3 Å². The van der Waals surface area contributed by atoms with Gasteiger partial charge in [0.25, 0.3) is 0 Å². The standard InChI is InChI=1S/C16H16O2/c17-12-8-9-13-11(10-12)4-3-6-14(13)15-5-1-2-7-16(15)18/h1-2,5,7-10,14,17-18H,3-4,6H2. The van der Waals surface area contributed by atoms with Crippen LogP contribution in [0.1, 0.15) is 35.4 Å². The number of aromatic hydroxyl groups is 2. The van der Waals surface area contributed by atoms with Gasteiger partial charge in [-0.2, -0.15) is 0 Å². The molecule has 1 aliphatic carbocycles. The van der Waals surface area contributed by atoms with Gasteiger partial charge >= 0.3 is 0 Å². The summed E-state index contributed by atoms with van der Waals surface area (Å²) in [4.78, 5) is 0. The molecule has 0 saturated heterocycles. The highest BCUT2D eigenvalue weighted by molar-refractivity contribution is 5.47. The van der Waals surface area contributed by atoms with Crippen LogP contribution in [0.5, 0.6) is 11.5 Å². The quantitative estimate of drug-likeness (QED) is 0.800. The van der Waals surface area contributed by atoms with Crippen molar-refractivity contribution in [2.45, 2.75) is 25.2 Å². The van der Waals surface area contributed by atoms with Crippen molar-refractivity contribution >= 4 is 0 Å². The van der Waals surface area contributed by atoms with Crippen molar-refractivity contribution < 1.29 is 10.2 Å². The topological polar surface area (TPSA) is 40.5 Å². The largest absolute Gasteiger partial charge is 0.508 e. The van der Waals surface area contributed by atoms with Crippen molar-refractivity contribution in [3.8, 4) is 11.5 Å². The summed E-state index contributed by atoms with van der Waals surface area (Å²) in [6.45, 7) is 0. The normalized spacial score (nSPS) is 18.3. The van der Waals surface area contributed by atoms with Crippen LogP contribution < -0.4 is 0 Å². The van der Waals surface area contributed by atoms with Gasteiger partial charge in [0.15, 0.2) is 0 Å². The first kappa shape index (κ1) is 11.1. The third kappa shape index (κ3) is 1.84. The molecule has 0 aromatic heterocycles. The van der Waals surface area contributed by atoms with Crippen molar-refractivity contribution in [1.29, 1.82) is 0 Å². The number of fused-ring (bicyclic) bond motifs is 1. The average Bonchev–Trinajstić information content (AvgIpc) is 2.38. The summed E-state index contributed by atoms with van der Waals surface area (Å²) in [5.41, 5.74) is 3.43. The maximum absolute atomic E-state index is 9.99. The third-order valence-electron chi connectivity index (χ3n) is 3.75. The molecule has 1 aliphatic rings. The highest BCUT2D eigenvalue weighted by Gasteiger charge is 2.23. The van der Waals surface area contributed by atoms with E-state index in [0.717, 1.165) is 24.8 Å². The zero-order valence-corrected chi connectivity index (χ0v) is 10.1. The number of aryl methyl sites for hydroxylation is 1. The second-order valence-electron chi connectivity index (χ2n) is 4.89.